The fourth-order valence-corrected chi connectivity index (χ4v) is 2.08. The number of halogens is 4. The van der Waals surface area contributed by atoms with Crippen LogP contribution in [0.4, 0.5) is 18.9 Å². The molecule has 0 fully saturated rings. The van der Waals surface area contributed by atoms with Gasteiger partial charge in [-0.05, 0) is 18.6 Å². The second kappa shape index (κ2) is 8.49. The summed E-state index contributed by atoms with van der Waals surface area (Å²) in [4.78, 5) is 0. The molecule has 1 rings (SSSR count). The maximum absolute atomic E-state index is 11.9. The van der Waals surface area contributed by atoms with Gasteiger partial charge >= 0.3 is 6.18 Å². The van der Waals surface area contributed by atoms with Crippen LogP contribution in [-0.4, -0.2) is 33.0 Å². The second-order valence-electron chi connectivity index (χ2n) is 4.15. The molecule has 0 radical (unpaired) electrons. The average molecular weight is 356 g/mol. The zero-order chi connectivity index (χ0) is 15.0. The van der Waals surface area contributed by atoms with Crippen LogP contribution in [0.15, 0.2) is 22.7 Å². The summed E-state index contributed by atoms with van der Waals surface area (Å²) in [6.07, 6.45) is -3.77. The number of methoxy groups -OCH3 is 1. The van der Waals surface area contributed by atoms with Gasteiger partial charge in [0, 0.05) is 36.0 Å². The van der Waals surface area contributed by atoms with E-state index in [1.807, 2.05) is 18.2 Å². The van der Waals surface area contributed by atoms with Crippen molar-refractivity contribution in [1.29, 1.82) is 0 Å². The first-order chi connectivity index (χ1) is 9.44. The Morgan fingerprint density at radius 1 is 1.30 bits per heavy atom. The lowest BCUT2D eigenvalue weighted by molar-refractivity contribution is -0.173. The Kier molecular flexibility index (Phi) is 7.32. The zero-order valence-corrected chi connectivity index (χ0v) is 12.7. The summed E-state index contributed by atoms with van der Waals surface area (Å²) >= 11 is 3.43. The number of hydrogen-bond acceptors (Lipinski definition) is 3. The Balaban J connectivity index is 2.33. The Hall–Kier alpha value is -0.790. The largest absolute Gasteiger partial charge is 0.411 e. The number of alkyl halides is 3. The summed E-state index contributed by atoms with van der Waals surface area (Å²) in [7, 11) is 1.61. The van der Waals surface area contributed by atoms with Crippen molar-refractivity contribution in [3.05, 3.63) is 28.2 Å². The van der Waals surface area contributed by atoms with Crippen molar-refractivity contribution in [1.82, 2.24) is 0 Å². The van der Waals surface area contributed by atoms with Gasteiger partial charge in [-0.15, -0.1) is 0 Å². The minimum absolute atomic E-state index is 0.0696. The number of ether oxygens (including phenoxy) is 2. The van der Waals surface area contributed by atoms with Crippen molar-refractivity contribution in [2.24, 2.45) is 0 Å². The minimum Gasteiger partial charge on any atom is -0.385 e. The third-order valence-electron chi connectivity index (χ3n) is 2.45. The molecule has 0 saturated heterocycles. The minimum atomic E-state index is -4.26. The summed E-state index contributed by atoms with van der Waals surface area (Å²) in [5.74, 6) is 0. The van der Waals surface area contributed by atoms with E-state index in [4.69, 9.17) is 4.74 Å². The summed E-state index contributed by atoms with van der Waals surface area (Å²) < 4.78 is 46.1. The first-order valence-electron chi connectivity index (χ1n) is 6.08. The van der Waals surface area contributed by atoms with Gasteiger partial charge < -0.3 is 14.8 Å². The van der Waals surface area contributed by atoms with Crippen molar-refractivity contribution in [3.8, 4) is 0 Å². The number of hydrogen-bond donors (Lipinski definition) is 1. The smallest absolute Gasteiger partial charge is 0.385 e. The number of anilines is 1. The van der Waals surface area contributed by atoms with Gasteiger partial charge in [0.05, 0.1) is 6.61 Å². The molecule has 0 aliphatic heterocycles. The first kappa shape index (κ1) is 17.3. The lowest BCUT2D eigenvalue weighted by atomic mass is 10.2. The molecule has 7 heteroatoms. The van der Waals surface area contributed by atoms with Crippen LogP contribution >= 0.6 is 15.9 Å². The van der Waals surface area contributed by atoms with Crippen LogP contribution in [0.5, 0.6) is 0 Å². The molecule has 0 bridgehead atoms. The van der Waals surface area contributed by atoms with Crippen LogP contribution in [0.2, 0.25) is 0 Å². The van der Waals surface area contributed by atoms with Crippen molar-refractivity contribution < 1.29 is 22.6 Å². The van der Waals surface area contributed by atoms with Crippen molar-refractivity contribution >= 4 is 21.6 Å². The molecular formula is C13H17BrF3NO2. The Bertz CT molecular complexity index is 413. The van der Waals surface area contributed by atoms with E-state index in [9.17, 15) is 13.2 Å². The molecule has 0 heterocycles. The lowest BCUT2D eigenvalue weighted by Gasteiger charge is -2.13. The number of rotatable bonds is 8. The van der Waals surface area contributed by atoms with Crippen molar-refractivity contribution in [2.45, 2.75) is 19.2 Å². The molecule has 0 atom stereocenters. The van der Waals surface area contributed by atoms with Gasteiger partial charge in [0.25, 0.3) is 0 Å². The summed E-state index contributed by atoms with van der Waals surface area (Å²) in [6, 6.07) is 5.69. The fourth-order valence-electron chi connectivity index (χ4n) is 1.60. The maximum atomic E-state index is 11.9. The van der Waals surface area contributed by atoms with Gasteiger partial charge in [-0.1, -0.05) is 22.0 Å². The van der Waals surface area contributed by atoms with Gasteiger partial charge in [0.1, 0.15) is 6.61 Å². The molecule has 3 nitrogen and oxygen atoms in total. The van der Waals surface area contributed by atoms with Crippen LogP contribution < -0.4 is 5.32 Å². The van der Waals surface area contributed by atoms with Gasteiger partial charge in [-0.3, -0.25) is 0 Å². The third kappa shape index (κ3) is 6.58. The lowest BCUT2D eigenvalue weighted by Crippen LogP contribution is -2.18. The highest BCUT2D eigenvalue weighted by molar-refractivity contribution is 9.10. The molecule has 0 aliphatic rings. The van der Waals surface area contributed by atoms with E-state index in [0.717, 1.165) is 15.7 Å². The van der Waals surface area contributed by atoms with Gasteiger partial charge in [0.2, 0.25) is 0 Å². The normalized spacial score (nSPS) is 11.7. The topological polar surface area (TPSA) is 30.5 Å². The SMILES string of the molecule is COCc1c(Br)cccc1NCCCOCC(F)(F)F. The third-order valence-corrected chi connectivity index (χ3v) is 3.20. The quantitative estimate of drug-likeness (QED) is 0.715. The van der Waals surface area contributed by atoms with Crippen LogP contribution in [0.3, 0.4) is 0 Å². The van der Waals surface area contributed by atoms with Gasteiger partial charge in [-0.25, -0.2) is 0 Å². The monoisotopic (exact) mass is 355 g/mol. The molecule has 0 amide bonds. The highest BCUT2D eigenvalue weighted by Crippen LogP contribution is 2.25. The molecule has 0 aliphatic carbocycles. The van der Waals surface area contributed by atoms with Gasteiger partial charge in [-0.2, -0.15) is 13.2 Å². The second-order valence-corrected chi connectivity index (χ2v) is 5.00. The first-order valence-corrected chi connectivity index (χ1v) is 6.88. The van der Waals surface area contributed by atoms with E-state index in [0.29, 0.717) is 19.6 Å². The number of benzene rings is 1. The summed E-state index contributed by atoms with van der Waals surface area (Å²) in [6.45, 7) is -0.141. The molecule has 20 heavy (non-hydrogen) atoms. The average Bonchev–Trinajstić information content (AvgIpc) is 2.36. The molecule has 0 saturated carbocycles. The van der Waals surface area contributed by atoms with E-state index in [1.54, 1.807) is 7.11 Å². The van der Waals surface area contributed by atoms with E-state index in [2.05, 4.69) is 26.0 Å². The van der Waals surface area contributed by atoms with Crippen molar-refractivity contribution in [3.63, 3.8) is 0 Å². The molecule has 114 valence electrons. The van der Waals surface area contributed by atoms with Crippen molar-refractivity contribution in [2.75, 3.05) is 32.2 Å². The Morgan fingerprint density at radius 2 is 2.05 bits per heavy atom. The van der Waals surface area contributed by atoms with Crippen LogP contribution in [0.25, 0.3) is 0 Å². The summed E-state index contributed by atoms with van der Waals surface area (Å²) in [5.41, 5.74) is 1.88. The Labute approximate surface area is 124 Å². The molecule has 1 aromatic rings. The van der Waals surface area contributed by atoms with Crippen LogP contribution in [0, 0.1) is 0 Å². The molecule has 1 aromatic carbocycles. The molecule has 0 aromatic heterocycles. The molecule has 0 unspecified atom stereocenters. The molecular weight excluding hydrogens is 339 g/mol. The highest BCUT2D eigenvalue weighted by Gasteiger charge is 2.27. The fraction of sp³-hybridized carbons (Fsp3) is 0.538. The highest BCUT2D eigenvalue weighted by atomic mass is 79.9. The predicted molar refractivity (Wildman–Crippen MR) is 74.8 cm³/mol. The van der Waals surface area contributed by atoms with E-state index in [1.165, 1.54) is 0 Å². The standard InChI is InChI=1S/C13H17BrF3NO2/c1-19-8-10-11(14)4-2-5-12(10)18-6-3-7-20-9-13(15,16)17/h2,4-5,18H,3,6-9H2,1H3. The van der Waals surface area contributed by atoms with Crippen LogP contribution in [0.1, 0.15) is 12.0 Å². The zero-order valence-electron chi connectivity index (χ0n) is 11.1. The van der Waals surface area contributed by atoms with E-state index >= 15 is 0 Å². The van der Waals surface area contributed by atoms with Gasteiger partial charge in [0.15, 0.2) is 0 Å². The maximum Gasteiger partial charge on any atom is 0.411 e. The number of nitrogens with one attached hydrogen (secondary N) is 1. The van der Waals surface area contributed by atoms with E-state index in [-0.39, 0.29) is 6.61 Å². The molecule has 0 spiro atoms. The predicted octanol–water partition coefficient (Wildman–Crippen LogP) is 3.98. The van der Waals surface area contributed by atoms with Crippen LogP contribution in [-0.2, 0) is 16.1 Å². The summed E-state index contributed by atoms with van der Waals surface area (Å²) in [5, 5.41) is 3.17. The van der Waals surface area contributed by atoms with E-state index < -0.39 is 12.8 Å². The molecule has 1 N–H and O–H groups in total. The Morgan fingerprint density at radius 3 is 2.70 bits per heavy atom.